The Balaban J connectivity index is 2.06. The number of hydrogen-bond acceptors (Lipinski definition) is 6. The minimum absolute atomic E-state index is 0.670. The van der Waals surface area contributed by atoms with E-state index < -0.39 is 0 Å². The SMILES string of the molecule is CCc1cnc(CNc2ncnc(NC)c2Br)s1. The Labute approximate surface area is 118 Å². The number of rotatable bonds is 5. The number of anilines is 2. The molecule has 96 valence electrons. The lowest BCUT2D eigenvalue weighted by atomic mass is 10.4. The Kier molecular flexibility index (Phi) is 4.48. The van der Waals surface area contributed by atoms with E-state index in [4.69, 9.17) is 0 Å². The van der Waals surface area contributed by atoms with Gasteiger partial charge >= 0.3 is 0 Å². The van der Waals surface area contributed by atoms with Crippen molar-refractivity contribution in [3.8, 4) is 0 Å². The van der Waals surface area contributed by atoms with Crippen LogP contribution >= 0.6 is 27.3 Å². The summed E-state index contributed by atoms with van der Waals surface area (Å²) in [6.45, 7) is 2.80. The molecular weight excluding hydrogens is 314 g/mol. The number of aromatic nitrogens is 3. The third-order valence-electron chi connectivity index (χ3n) is 2.38. The van der Waals surface area contributed by atoms with Gasteiger partial charge in [0.2, 0.25) is 0 Å². The maximum atomic E-state index is 4.36. The monoisotopic (exact) mass is 327 g/mol. The van der Waals surface area contributed by atoms with Gasteiger partial charge in [0, 0.05) is 18.1 Å². The normalized spacial score (nSPS) is 10.4. The molecule has 5 nitrogen and oxygen atoms in total. The lowest BCUT2D eigenvalue weighted by Crippen LogP contribution is -2.04. The van der Waals surface area contributed by atoms with Crippen molar-refractivity contribution in [1.82, 2.24) is 15.0 Å². The summed E-state index contributed by atoms with van der Waals surface area (Å²) in [5.74, 6) is 1.53. The molecular formula is C11H14BrN5S. The minimum Gasteiger partial charge on any atom is -0.372 e. The molecule has 2 aromatic heterocycles. The highest BCUT2D eigenvalue weighted by molar-refractivity contribution is 9.10. The highest BCUT2D eigenvalue weighted by Crippen LogP contribution is 2.26. The van der Waals surface area contributed by atoms with Crippen LogP contribution in [-0.4, -0.2) is 22.0 Å². The second-order valence-corrected chi connectivity index (χ2v) is 5.56. The summed E-state index contributed by atoms with van der Waals surface area (Å²) in [5, 5.41) is 7.31. The number of aryl methyl sites for hydroxylation is 1. The molecule has 0 atom stereocenters. The summed E-state index contributed by atoms with van der Waals surface area (Å²) in [5.41, 5.74) is 0. The molecule has 2 aromatic rings. The number of nitrogens with one attached hydrogen (secondary N) is 2. The fourth-order valence-electron chi connectivity index (χ4n) is 1.42. The Hall–Kier alpha value is -1.21. The molecule has 0 aliphatic rings. The van der Waals surface area contributed by atoms with E-state index in [0.717, 1.165) is 27.5 Å². The second-order valence-electron chi connectivity index (χ2n) is 3.56. The zero-order chi connectivity index (χ0) is 13.0. The molecule has 0 aromatic carbocycles. The van der Waals surface area contributed by atoms with Crippen molar-refractivity contribution in [2.45, 2.75) is 19.9 Å². The number of nitrogens with zero attached hydrogens (tertiary/aromatic N) is 3. The van der Waals surface area contributed by atoms with Crippen molar-refractivity contribution in [2.24, 2.45) is 0 Å². The summed E-state index contributed by atoms with van der Waals surface area (Å²) in [6, 6.07) is 0. The van der Waals surface area contributed by atoms with Gasteiger partial charge in [-0.2, -0.15) is 0 Å². The molecule has 0 saturated heterocycles. The molecule has 2 rings (SSSR count). The quantitative estimate of drug-likeness (QED) is 0.884. The first-order chi connectivity index (χ1) is 8.74. The Morgan fingerprint density at radius 3 is 2.72 bits per heavy atom. The Morgan fingerprint density at radius 2 is 2.06 bits per heavy atom. The van der Waals surface area contributed by atoms with Gasteiger partial charge < -0.3 is 10.6 Å². The molecule has 7 heteroatoms. The molecule has 0 aliphatic heterocycles. The van der Waals surface area contributed by atoms with E-state index in [1.165, 1.54) is 11.2 Å². The van der Waals surface area contributed by atoms with Gasteiger partial charge in [-0.1, -0.05) is 6.92 Å². The average Bonchev–Trinajstić information content (AvgIpc) is 2.85. The number of hydrogen-bond donors (Lipinski definition) is 2. The van der Waals surface area contributed by atoms with Crippen LogP contribution in [0.5, 0.6) is 0 Å². The van der Waals surface area contributed by atoms with Crippen LogP contribution in [0.1, 0.15) is 16.8 Å². The molecule has 0 unspecified atom stereocenters. The van der Waals surface area contributed by atoms with Crippen LogP contribution in [0.2, 0.25) is 0 Å². The zero-order valence-electron chi connectivity index (χ0n) is 10.2. The summed E-state index contributed by atoms with van der Waals surface area (Å²) < 4.78 is 0.833. The van der Waals surface area contributed by atoms with Gasteiger partial charge in [-0.05, 0) is 22.4 Å². The van der Waals surface area contributed by atoms with E-state index in [-0.39, 0.29) is 0 Å². The third kappa shape index (κ3) is 2.97. The van der Waals surface area contributed by atoms with Gasteiger partial charge in [0.15, 0.2) is 0 Å². The fraction of sp³-hybridized carbons (Fsp3) is 0.364. The molecule has 0 bridgehead atoms. The van der Waals surface area contributed by atoms with Gasteiger partial charge in [0.1, 0.15) is 27.4 Å². The minimum atomic E-state index is 0.670. The van der Waals surface area contributed by atoms with Crippen molar-refractivity contribution >= 4 is 38.9 Å². The van der Waals surface area contributed by atoms with E-state index in [1.807, 2.05) is 13.2 Å². The van der Waals surface area contributed by atoms with Crippen molar-refractivity contribution in [3.05, 3.63) is 26.9 Å². The Bertz CT molecular complexity index is 528. The molecule has 0 amide bonds. The molecule has 0 saturated carbocycles. The van der Waals surface area contributed by atoms with Crippen molar-refractivity contribution < 1.29 is 0 Å². The van der Waals surface area contributed by atoms with Gasteiger partial charge in [0.25, 0.3) is 0 Å². The van der Waals surface area contributed by atoms with E-state index in [1.54, 1.807) is 11.3 Å². The Morgan fingerprint density at radius 1 is 1.28 bits per heavy atom. The molecule has 0 aliphatic carbocycles. The van der Waals surface area contributed by atoms with Crippen molar-refractivity contribution in [3.63, 3.8) is 0 Å². The first-order valence-corrected chi connectivity index (χ1v) is 7.21. The van der Waals surface area contributed by atoms with Crippen LogP contribution < -0.4 is 10.6 Å². The van der Waals surface area contributed by atoms with Crippen LogP contribution in [0.4, 0.5) is 11.6 Å². The topological polar surface area (TPSA) is 62.7 Å². The van der Waals surface area contributed by atoms with Gasteiger partial charge in [-0.25, -0.2) is 15.0 Å². The standard InChI is InChI=1S/C11H14BrN5S/c1-3-7-4-14-8(18-7)5-15-11-9(12)10(13-2)16-6-17-11/h4,6H,3,5H2,1-2H3,(H2,13,15,16,17). The summed E-state index contributed by atoms with van der Waals surface area (Å²) >= 11 is 5.19. The summed E-state index contributed by atoms with van der Waals surface area (Å²) in [4.78, 5) is 14.0. The van der Waals surface area contributed by atoms with Gasteiger partial charge in [-0.3, -0.25) is 0 Å². The highest BCUT2D eigenvalue weighted by atomic mass is 79.9. The van der Waals surface area contributed by atoms with Gasteiger partial charge in [-0.15, -0.1) is 11.3 Å². The molecule has 0 spiro atoms. The molecule has 2 heterocycles. The van der Waals surface area contributed by atoms with Crippen LogP contribution in [0.15, 0.2) is 17.0 Å². The fourth-order valence-corrected chi connectivity index (χ4v) is 2.77. The maximum Gasteiger partial charge on any atom is 0.146 e. The first-order valence-electron chi connectivity index (χ1n) is 5.60. The molecule has 0 radical (unpaired) electrons. The number of halogens is 1. The van der Waals surface area contributed by atoms with Gasteiger partial charge in [0.05, 0.1) is 6.54 Å². The maximum absolute atomic E-state index is 4.36. The highest BCUT2D eigenvalue weighted by Gasteiger charge is 2.08. The molecule has 18 heavy (non-hydrogen) atoms. The lowest BCUT2D eigenvalue weighted by Gasteiger charge is -2.08. The lowest BCUT2D eigenvalue weighted by molar-refractivity contribution is 1.05. The van der Waals surface area contributed by atoms with Crippen molar-refractivity contribution in [1.29, 1.82) is 0 Å². The average molecular weight is 328 g/mol. The first kappa shape index (κ1) is 13.2. The van der Waals surface area contributed by atoms with E-state index in [0.29, 0.717) is 6.54 Å². The summed E-state index contributed by atoms with van der Waals surface area (Å²) in [7, 11) is 1.82. The van der Waals surface area contributed by atoms with Crippen LogP contribution in [-0.2, 0) is 13.0 Å². The second kappa shape index (κ2) is 6.10. The predicted molar refractivity (Wildman–Crippen MR) is 78.1 cm³/mol. The van der Waals surface area contributed by atoms with E-state index >= 15 is 0 Å². The molecule has 0 fully saturated rings. The van der Waals surface area contributed by atoms with Crippen LogP contribution in [0, 0.1) is 0 Å². The number of thiazole rings is 1. The smallest absolute Gasteiger partial charge is 0.146 e. The zero-order valence-corrected chi connectivity index (χ0v) is 12.6. The van der Waals surface area contributed by atoms with Crippen LogP contribution in [0.25, 0.3) is 0 Å². The third-order valence-corrected chi connectivity index (χ3v) is 4.28. The van der Waals surface area contributed by atoms with E-state index in [9.17, 15) is 0 Å². The largest absolute Gasteiger partial charge is 0.372 e. The molecule has 2 N–H and O–H groups in total. The van der Waals surface area contributed by atoms with Crippen LogP contribution in [0.3, 0.4) is 0 Å². The van der Waals surface area contributed by atoms with Crippen molar-refractivity contribution in [2.75, 3.05) is 17.7 Å². The predicted octanol–water partition coefficient (Wildman–Crippen LogP) is 2.91. The van der Waals surface area contributed by atoms with E-state index in [2.05, 4.69) is 48.4 Å². The summed E-state index contributed by atoms with van der Waals surface area (Å²) in [6.07, 6.45) is 4.48.